The maximum atomic E-state index is 12.4. The summed E-state index contributed by atoms with van der Waals surface area (Å²) in [4.78, 5) is 14.6. The second-order valence-electron chi connectivity index (χ2n) is 7.06. The maximum absolute atomic E-state index is 12.4. The number of nitrogens with zero attached hydrogens (tertiary/aromatic N) is 1. The minimum atomic E-state index is -0.307. The van der Waals surface area contributed by atoms with Crippen LogP contribution in [0.1, 0.15) is 16.7 Å². The third-order valence-electron chi connectivity index (χ3n) is 5.35. The first kappa shape index (κ1) is 15.9. The predicted molar refractivity (Wildman–Crippen MR) is 108 cm³/mol. The van der Waals surface area contributed by atoms with E-state index in [9.17, 15) is 4.79 Å². The highest BCUT2D eigenvalue weighted by Crippen LogP contribution is 2.38. The molecule has 1 aliphatic heterocycles. The van der Waals surface area contributed by atoms with Crippen molar-refractivity contribution in [3.8, 4) is 5.75 Å². The third kappa shape index (κ3) is 2.40. The van der Waals surface area contributed by atoms with Crippen LogP contribution in [0.2, 0.25) is 0 Å². The minimum Gasteiger partial charge on any atom is -0.472 e. The Balaban J connectivity index is 1.72. The van der Waals surface area contributed by atoms with Gasteiger partial charge in [0.2, 0.25) is 0 Å². The fourth-order valence-electron chi connectivity index (χ4n) is 4.01. The van der Waals surface area contributed by atoms with Gasteiger partial charge in [-0.05, 0) is 43.0 Å². The van der Waals surface area contributed by atoms with E-state index >= 15 is 0 Å². The first-order valence-corrected chi connectivity index (χ1v) is 9.05. The van der Waals surface area contributed by atoms with Crippen LogP contribution in [-0.2, 0) is 6.54 Å². The molecule has 1 aliphatic rings. The largest absolute Gasteiger partial charge is 0.472 e. The van der Waals surface area contributed by atoms with E-state index in [4.69, 9.17) is 9.15 Å². The summed E-state index contributed by atoms with van der Waals surface area (Å²) in [5.74, 6) is 0.825. The lowest BCUT2D eigenvalue weighted by molar-refractivity contribution is 0.287. The highest BCUT2D eigenvalue weighted by molar-refractivity contribution is 6.06. The zero-order valence-electron chi connectivity index (χ0n) is 15.3. The molecule has 0 saturated carbocycles. The van der Waals surface area contributed by atoms with Crippen LogP contribution in [0.4, 0.5) is 5.69 Å². The molecule has 0 unspecified atom stereocenters. The minimum absolute atomic E-state index is 0.307. The van der Waals surface area contributed by atoms with Crippen molar-refractivity contribution in [3.63, 3.8) is 0 Å². The molecule has 0 fully saturated rings. The second-order valence-corrected chi connectivity index (χ2v) is 7.06. The van der Waals surface area contributed by atoms with Crippen molar-refractivity contribution in [1.82, 2.24) is 0 Å². The molecule has 1 aromatic heterocycles. The van der Waals surface area contributed by atoms with Crippen molar-refractivity contribution in [1.29, 1.82) is 0 Å². The number of ether oxygens (including phenoxy) is 1. The molecule has 5 rings (SSSR count). The van der Waals surface area contributed by atoms with Gasteiger partial charge in [0.15, 0.2) is 6.73 Å². The summed E-state index contributed by atoms with van der Waals surface area (Å²) >= 11 is 0. The number of anilines is 1. The number of aryl methyl sites for hydroxylation is 2. The Kier molecular flexibility index (Phi) is 3.47. The molecule has 4 nitrogen and oxygen atoms in total. The zero-order valence-corrected chi connectivity index (χ0v) is 15.3. The maximum Gasteiger partial charge on any atom is 0.344 e. The summed E-state index contributed by atoms with van der Waals surface area (Å²) in [6, 6.07) is 18.0. The molecular formula is C23H19NO3. The summed E-state index contributed by atoms with van der Waals surface area (Å²) in [5.41, 5.74) is 4.69. The Morgan fingerprint density at radius 2 is 1.67 bits per heavy atom. The molecule has 0 spiro atoms. The van der Waals surface area contributed by atoms with Gasteiger partial charge in [0.25, 0.3) is 0 Å². The van der Waals surface area contributed by atoms with Gasteiger partial charge in [-0.15, -0.1) is 0 Å². The first-order chi connectivity index (χ1) is 13.1. The molecule has 134 valence electrons. The van der Waals surface area contributed by atoms with Gasteiger partial charge >= 0.3 is 5.63 Å². The van der Waals surface area contributed by atoms with E-state index in [2.05, 4.69) is 30.0 Å². The summed E-state index contributed by atoms with van der Waals surface area (Å²) in [7, 11) is 0. The number of hydrogen-bond acceptors (Lipinski definition) is 4. The smallest absolute Gasteiger partial charge is 0.344 e. The molecule has 4 aromatic rings. The van der Waals surface area contributed by atoms with Crippen LogP contribution >= 0.6 is 0 Å². The zero-order chi connectivity index (χ0) is 18.5. The summed E-state index contributed by atoms with van der Waals surface area (Å²) < 4.78 is 11.8. The molecule has 0 N–H and O–H groups in total. The van der Waals surface area contributed by atoms with E-state index in [1.165, 1.54) is 11.3 Å². The van der Waals surface area contributed by atoms with Crippen LogP contribution in [0.25, 0.3) is 21.7 Å². The molecule has 0 bridgehead atoms. The Labute approximate surface area is 156 Å². The monoisotopic (exact) mass is 357 g/mol. The molecule has 2 heterocycles. The highest BCUT2D eigenvalue weighted by Gasteiger charge is 2.23. The van der Waals surface area contributed by atoms with Gasteiger partial charge in [0, 0.05) is 28.7 Å². The van der Waals surface area contributed by atoms with Gasteiger partial charge in [-0.3, -0.25) is 0 Å². The average Bonchev–Trinajstić information content (AvgIpc) is 2.69. The van der Waals surface area contributed by atoms with E-state index in [0.717, 1.165) is 34.2 Å². The Morgan fingerprint density at radius 1 is 0.926 bits per heavy atom. The summed E-state index contributed by atoms with van der Waals surface area (Å²) in [6.45, 7) is 5.30. The first-order valence-electron chi connectivity index (χ1n) is 9.05. The summed E-state index contributed by atoms with van der Waals surface area (Å²) in [6.07, 6.45) is 0. The quantitative estimate of drug-likeness (QED) is 0.358. The van der Waals surface area contributed by atoms with E-state index in [0.29, 0.717) is 17.7 Å². The van der Waals surface area contributed by atoms with Crippen molar-refractivity contribution < 1.29 is 9.15 Å². The van der Waals surface area contributed by atoms with Crippen LogP contribution < -0.4 is 15.3 Å². The molecule has 0 radical (unpaired) electrons. The fraction of sp³-hybridized carbons (Fsp3) is 0.174. The lowest BCUT2D eigenvalue weighted by Crippen LogP contribution is -2.32. The van der Waals surface area contributed by atoms with Gasteiger partial charge in [-0.1, -0.05) is 36.4 Å². The standard InChI is InChI=1S/C23H19NO3/c1-14-7-3-6-10-20(14)24-12-16-11-19-17-8-4-5-9-18(17)23(25)27-22(19)15(2)21(16)26-13-24/h3-11H,12-13H2,1-2H3. The summed E-state index contributed by atoms with van der Waals surface area (Å²) in [5, 5.41) is 2.48. The predicted octanol–water partition coefficient (Wildman–Crippen LogP) is 4.92. The molecule has 3 aromatic carbocycles. The number of benzene rings is 3. The average molecular weight is 357 g/mol. The van der Waals surface area contributed by atoms with Crippen LogP contribution in [0.5, 0.6) is 5.75 Å². The van der Waals surface area contributed by atoms with Gasteiger partial charge in [0.05, 0.1) is 5.39 Å². The number of fused-ring (bicyclic) bond motifs is 4. The van der Waals surface area contributed by atoms with Crippen LogP contribution in [-0.4, -0.2) is 6.73 Å². The third-order valence-corrected chi connectivity index (χ3v) is 5.35. The van der Waals surface area contributed by atoms with Gasteiger partial charge in [-0.2, -0.15) is 0 Å². The van der Waals surface area contributed by atoms with Crippen molar-refractivity contribution in [3.05, 3.63) is 81.7 Å². The van der Waals surface area contributed by atoms with Crippen molar-refractivity contribution in [2.45, 2.75) is 20.4 Å². The van der Waals surface area contributed by atoms with Crippen molar-refractivity contribution in [2.75, 3.05) is 11.6 Å². The molecule has 0 atom stereocenters. The molecule has 0 saturated heterocycles. The highest BCUT2D eigenvalue weighted by atomic mass is 16.5. The Morgan fingerprint density at radius 3 is 2.48 bits per heavy atom. The molecule has 0 aliphatic carbocycles. The van der Waals surface area contributed by atoms with E-state index in [-0.39, 0.29) is 5.63 Å². The van der Waals surface area contributed by atoms with Gasteiger partial charge in [0.1, 0.15) is 11.3 Å². The Bertz CT molecular complexity index is 1260. The topological polar surface area (TPSA) is 42.7 Å². The lowest BCUT2D eigenvalue weighted by atomic mass is 9.99. The van der Waals surface area contributed by atoms with E-state index in [1.54, 1.807) is 0 Å². The van der Waals surface area contributed by atoms with Crippen LogP contribution in [0.15, 0.2) is 63.8 Å². The Hall–Kier alpha value is -3.27. The normalized spacial score (nSPS) is 13.6. The number of hydrogen-bond donors (Lipinski definition) is 0. The number of para-hydroxylation sites is 1. The van der Waals surface area contributed by atoms with Crippen molar-refractivity contribution >= 4 is 27.4 Å². The fourth-order valence-corrected chi connectivity index (χ4v) is 4.01. The molecule has 4 heteroatoms. The van der Waals surface area contributed by atoms with Gasteiger partial charge < -0.3 is 14.1 Å². The van der Waals surface area contributed by atoms with Crippen LogP contribution in [0.3, 0.4) is 0 Å². The van der Waals surface area contributed by atoms with Gasteiger partial charge in [-0.25, -0.2) is 4.79 Å². The second kappa shape index (κ2) is 5.88. The van der Waals surface area contributed by atoms with Crippen molar-refractivity contribution in [2.24, 2.45) is 0 Å². The lowest BCUT2D eigenvalue weighted by Gasteiger charge is -2.32. The van der Waals surface area contributed by atoms with E-state index in [1.807, 2.05) is 43.3 Å². The van der Waals surface area contributed by atoms with Crippen LogP contribution in [0, 0.1) is 13.8 Å². The van der Waals surface area contributed by atoms with E-state index < -0.39 is 0 Å². The SMILES string of the molecule is Cc1ccccc1N1COc2c(cc3c(oc(=O)c4ccccc43)c2C)C1. The molecule has 0 amide bonds. The number of rotatable bonds is 1. The molecular weight excluding hydrogens is 338 g/mol. The molecule has 27 heavy (non-hydrogen) atoms.